The van der Waals surface area contributed by atoms with Gasteiger partial charge in [-0.15, -0.1) is 11.3 Å². The van der Waals surface area contributed by atoms with E-state index in [1.807, 2.05) is 19.2 Å². The third-order valence-electron chi connectivity index (χ3n) is 3.41. The first-order chi connectivity index (χ1) is 13.7. The largest absolute Gasteiger partial charge is 0.452 e. The number of nitrogens with one attached hydrogen (secondary N) is 3. The minimum Gasteiger partial charge on any atom is -0.452 e. The van der Waals surface area contributed by atoms with Crippen molar-refractivity contribution in [3.05, 3.63) is 47.3 Å². The van der Waals surface area contributed by atoms with Gasteiger partial charge in [-0.2, -0.15) is 0 Å². The van der Waals surface area contributed by atoms with Crippen LogP contribution in [-0.2, 0) is 19.6 Å². The Hall–Kier alpha value is -2.92. The van der Waals surface area contributed by atoms with Crippen molar-refractivity contribution in [3.8, 4) is 0 Å². The van der Waals surface area contributed by atoms with Crippen molar-refractivity contribution in [1.29, 1.82) is 0 Å². The number of urea groups is 1. The summed E-state index contributed by atoms with van der Waals surface area (Å²) in [5.41, 5.74) is -0.0503. The standard InChI is InChI=1S/C18H21N3O6S2/c1-12(2)10-19-18(24)20-15(22)11-27-17(23)13-6-3-4-7-14(13)21-29(25,26)16-8-5-9-28-16/h3-9,12,21H,10-11H2,1-2H3,(H2,19,20,22,24). The number of rotatable bonds is 8. The summed E-state index contributed by atoms with van der Waals surface area (Å²) >= 11 is 1.03. The van der Waals surface area contributed by atoms with Crippen molar-refractivity contribution in [3.63, 3.8) is 0 Å². The molecule has 1 heterocycles. The van der Waals surface area contributed by atoms with Crippen molar-refractivity contribution in [2.75, 3.05) is 17.9 Å². The van der Waals surface area contributed by atoms with Crippen LogP contribution in [0.3, 0.4) is 0 Å². The highest BCUT2D eigenvalue weighted by Crippen LogP contribution is 2.23. The van der Waals surface area contributed by atoms with E-state index < -0.39 is 34.5 Å². The fraction of sp³-hybridized carbons (Fsp3) is 0.278. The zero-order valence-corrected chi connectivity index (χ0v) is 17.4. The number of ether oxygens (including phenoxy) is 1. The van der Waals surface area contributed by atoms with E-state index in [-0.39, 0.29) is 21.4 Å². The van der Waals surface area contributed by atoms with Crippen LogP contribution in [0.4, 0.5) is 10.5 Å². The van der Waals surface area contributed by atoms with Crippen molar-refractivity contribution >= 4 is 45.0 Å². The van der Waals surface area contributed by atoms with E-state index in [0.717, 1.165) is 11.3 Å². The topological polar surface area (TPSA) is 131 Å². The molecule has 2 aromatic rings. The first-order valence-electron chi connectivity index (χ1n) is 8.59. The number of sulfonamides is 1. The lowest BCUT2D eigenvalue weighted by molar-refractivity contribution is -0.123. The first kappa shape index (κ1) is 22.4. The van der Waals surface area contributed by atoms with Crippen LogP contribution in [0.2, 0.25) is 0 Å². The van der Waals surface area contributed by atoms with Gasteiger partial charge in [0.2, 0.25) is 0 Å². The van der Waals surface area contributed by atoms with E-state index >= 15 is 0 Å². The molecule has 0 saturated heterocycles. The van der Waals surface area contributed by atoms with Gasteiger partial charge in [-0.1, -0.05) is 32.0 Å². The summed E-state index contributed by atoms with van der Waals surface area (Å²) in [4.78, 5) is 35.6. The molecule has 0 atom stereocenters. The monoisotopic (exact) mass is 439 g/mol. The highest BCUT2D eigenvalue weighted by Gasteiger charge is 2.21. The van der Waals surface area contributed by atoms with Gasteiger partial charge in [0.25, 0.3) is 15.9 Å². The molecule has 0 saturated carbocycles. The molecular formula is C18H21N3O6S2. The summed E-state index contributed by atoms with van der Waals surface area (Å²) in [6, 6.07) is 8.18. The molecule has 11 heteroatoms. The van der Waals surface area contributed by atoms with Crippen molar-refractivity contribution in [1.82, 2.24) is 10.6 Å². The minimum absolute atomic E-state index is 0.0148. The van der Waals surface area contributed by atoms with Crippen LogP contribution >= 0.6 is 11.3 Å². The molecule has 1 aromatic heterocycles. The Morgan fingerprint density at radius 2 is 1.83 bits per heavy atom. The average molecular weight is 440 g/mol. The van der Waals surface area contributed by atoms with E-state index in [1.165, 1.54) is 24.3 Å². The average Bonchev–Trinajstić information content (AvgIpc) is 3.20. The van der Waals surface area contributed by atoms with Crippen LogP contribution in [0.15, 0.2) is 46.0 Å². The SMILES string of the molecule is CC(C)CNC(=O)NC(=O)COC(=O)c1ccccc1NS(=O)(=O)c1cccs1. The molecule has 0 unspecified atom stereocenters. The number of esters is 1. The molecule has 156 valence electrons. The molecule has 3 N–H and O–H groups in total. The Morgan fingerprint density at radius 1 is 1.10 bits per heavy atom. The molecule has 3 amide bonds. The summed E-state index contributed by atoms with van der Waals surface area (Å²) in [7, 11) is -3.86. The van der Waals surface area contributed by atoms with Gasteiger partial charge in [-0.05, 0) is 29.5 Å². The lowest BCUT2D eigenvalue weighted by Crippen LogP contribution is -2.42. The number of anilines is 1. The van der Waals surface area contributed by atoms with Crippen LogP contribution in [0, 0.1) is 5.92 Å². The molecule has 0 fully saturated rings. The summed E-state index contributed by atoms with van der Waals surface area (Å²) < 4.78 is 32.1. The molecule has 9 nitrogen and oxygen atoms in total. The Bertz CT molecular complexity index is 971. The smallest absolute Gasteiger partial charge is 0.340 e. The van der Waals surface area contributed by atoms with E-state index in [4.69, 9.17) is 4.74 Å². The molecule has 0 spiro atoms. The number of imide groups is 1. The molecule has 0 bridgehead atoms. The number of carbonyl (C=O) groups is 3. The number of hydrogen-bond acceptors (Lipinski definition) is 7. The minimum atomic E-state index is -3.86. The lowest BCUT2D eigenvalue weighted by atomic mass is 10.2. The summed E-state index contributed by atoms with van der Waals surface area (Å²) in [6.45, 7) is 3.48. The Labute approximate surface area is 172 Å². The molecule has 0 radical (unpaired) electrons. The van der Waals surface area contributed by atoms with Gasteiger partial charge in [0, 0.05) is 6.54 Å². The van der Waals surface area contributed by atoms with Gasteiger partial charge in [0.1, 0.15) is 4.21 Å². The fourth-order valence-electron chi connectivity index (χ4n) is 2.07. The maximum Gasteiger partial charge on any atom is 0.340 e. The number of benzene rings is 1. The second-order valence-corrected chi connectivity index (χ2v) is 9.17. The van der Waals surface area contributed by atoms with Crippen LogP contribution in [0.5, 0.6) is 0 Å². The van der Waals surface area contributed by atoms with Crippen LogP contribution in [-0.4, -0.2) is 39.5 Å². The maximum absolute atomic E-state index is 12.4. The predicted octanol–water partition coefficient (Wildman–Crippen LogP) is 2.19. The molecular weight excluding hydrogens is 418 g/mol. The second kappa shape index (κ2) is 10.0. The number of carbonyl (C=O) groups excluding carboxylic acids is 3. The van der Waals surface area contributed by atoms with E-state index in [1.54, 1.807) is 17.5 Å². The zero-order chi connectivity index (χ0) is 21.4. The number of para-hydroxylation sites is 1. The highest BCUT2D eigenvalue weighted by atomic mass is 32.2. The third-order valence-corrected chi connectivity index (χ3v) is 6.17. The van der Waals surface area contributed by atoms with Gasteiger partial charge in [-0.25, -0.2) is 18.0 Å². The molecule has 0 aliphatic carbocycles. The lowest BCUT2D eigenvalue weighted by Gasteiger charge is -2.12. The third kappa shape index (κ3) is 6.88. The molecule has 0 aliphatic heterocycles. The highest BCUT2D eigenvalue weighted by molar-refractivity contribution is 7.94. The van der Waals surface area contributed by atoms with E-state index in [0.29, 0.717) is 6.54 Å². The molecule has 0 aliphatic rings. The van der Waals surface area contributed by atoms with Gasteiger partial charge < -0.3 is 10.1 Å². The van der Waals surface area contributed by atoms with Gasteiger partial charge >= 0.3 is 12.0 Å². The Balaban J connectivity index is 1.98. The van der Waals surface area contributed by atoms with Gasteiger partial charge in [0.15, 0.2) is 6.61 Å². The maximum atomic E-state index is 12.4. The molecule has 29 heavy (non-hydrogen) atoms. The van der Waals surface area contributed by atoms with Crippen molar-refractivity contribution < 1.29 is 27.5 Å². The summed E-state index contributed by atoms with van der Waals surface area (Å²) in [5.74, 6) is -1.51. The molecule has 2 rings (SSSR count). The molecule has 1 aromatic carbocycles. The van der Waals surface area contributed by atoms with Crippen LogP contribution in [0.25, 0.3) is 0 Å². The number of thiophene rings is 1. The second-order valence-electron chi connectivity index (χ2n) is 6.31. The zero-order valence-electron chi connectivity index (χ0n) is 15.8. The quantitative estimate of drug-likeness (QED) is 0.541. The van der Waals surface area contributed by atoms with Gasteiger partial charge in [0.05, 0.1) is 11.3 Å². The Kier molecular flexibility index (Phi) is 7.74. The van der Waals surface area contributed by atoms with Crippen LogP contribution in [0.1, 0.15) is 24.2 Å². The summed E-state index contributed by atoms with van der Waals surface area (Å²) in [6.07, 6.45) is 0. The van der Waals surface area contributed by atoms with E-state index in [9.17, 15) is 22.8 Å². The summed E-state index contributed by atoms with van der Waals surface area (Å²) in [5, 5.41) is 6.15. The fourth-order valence-corrected chi connectivity index (χ4v) is 4.15. The Morgan fingerprint density at radius 3 is 2.48 bits per heavy atom. The van der Waals surface area contributed by atoms with Crippen molar-refractivity contribution in [2.24, 2.45) is 5.92 Å². The van der Waals surface area contributed by atoms with Crippen LogP contribution < -0.4 is 15.4 Å². The normalized spacial score (nSPS) is 11.0. The number of hydrogen-bond donors (Lipinski definition) is 3. The van der Waals surface area contributed by atoms with Gasteiger partial charge in [-0.3, -0.25) is 14.8 Å². The predicted molar refractivity (Wildman–Crippen MR) is 108 cm³/mol. The van der Waals surface area contributed by atoms with Crippen molar-refractivity contribution in [2.45, 2.75) is 18.1 Å². The van der Waals surface area contributed by atoms with E-state index in [2.05, 4.69) is 10.0 Å². The first-order valence-corrected chi connectivity index (χ1v) is 11.0. The number of amides is 3.